The SMILES string of the molecule is C[C@@H]1CC[C@@H](c2ccncc2)N(C(=O)C(=O)Nc2cncc(C(N)=O)c2)C1. The minimum absolute atomic E-state index is 0.154. The first-order valence-electron chi connectivity index (χ1n) is 8.72. The molecule has 3 amide bonds. The molecule has 0 aromatic carbocycles. The molecule has 0 radical (unpaired) electrons. The number of aromatic nitrogens is 2. The van der Waals surface area contributed by atoms with Gasteiger partial charge < -0.3 is 16.0 Å². The average Bonchev–Trinajstić information content (AvgIpc) is 2.68. The van der Waals surface area contributed by atoms with Crippen molar-refractivity contribution in [2.45, 2.75) is 25.8 Å². The topological polar surface area (TPSA) is 118 Å². The Labute approximate surface area is 156 Å². The number of hydrogen-bond acceptors (Lipinski definition) is 5. The van der Waals surface area contributed by atoms with Gasteiger partial charge in [0.25, 0.3) is 0 Å². The number of nitrogens with two attached hydrogens (primary N) is 1. The van der Waals surface area contributed by atoms with Gasteiger partial charge in [0.1, 0.15) is 0 Å². The lowest BCUT2D eigenvalue weighted by Gasteiger charge is -2.38. The molecule has 3 rings (SSSR count). The van der Waals surface area contributed by atoms with Crippen molar-refractivity contribution >= 4 is 23.4 Å². The molecule has 0 saturated carbocycles. The largest absolute Gasteiger partial charge is 0.366 e. The fourth-order valence-electron chi connectivity index (χ4n) is 3.27. The van der Waals surface area contributed by atoms with E-state index in [1.165, 1.54) is 18.5 Å². The molecule has 1 aliphatic heterocycles. The van der Waals surface area contributed by atoms with E-state index in [-0.39, 0.29) is 17.3 Å². The van der Waals surface area contributed by atoms with Crippen LogP contribution < -0.4 is 11.1 Å². The average molecular weight is 367 g/mol. The van der Waals surface area contributed by atoms with Gasteiger partial charge in [-0.2, -0.15) is 0 Å². The second-order valence-electron chi connectivity index (χ2n) is 6.72. The van der Waals surface area contributed by atoms with Crippen molar-refractivity contribution in [3.05, 3.63) is 54.1 Å². The van der Waals surface area contributed by atoms with Gasteiger partial charge in [-0.25, -0.2) is 0 Å². The minimum atomic E-state index is -0.772. The Morgan fingerprint density at radius 1 is 1.15 bits per heavy atom. The zero-order valence-electron chi connectivity index (χ0n) is 15.0. The monoisotopic (exact) mass is 367 g/mol. The summed E-state index contributed by atoms with van der Waals surface area (Å²) in [5, 5.41) is 2.51. The number of hydrogen-bond donors (Lipinski definition) is 2. The van der Waals surface area contributed by atoms with Gasteiger partial charge >= 0.3 is 11.8 Å². The van der Waals surface area contributed by atoms with E-state index >= 15 is 0 Å². The Morgan fingerprint density at radius 2 is 1.89 bits per heavy atom. The van der Waals surface area contributed by atoms with Crippen LogP contribution in [0.15, 0.2) is 43.0 Å². The molecule has 8 nitrogen and oxygen atoms in total. The second kappa shape index (κ2) is 7.94. The molecule has 140 valence electrons. The van der Waals surface area contributed by atoms with Crippen molar-refractivity contribution in [1.82, 2.24) is 14.9 Å². The summed E-state index contributed by atoms with van der Waals surface area (Å²) in [6.45, 7) is 2.56. The summed E-state index contributed by atoms with van der Waals surface area (Å²) < 4.78 is 0. The van der Waals surface area contributed by atoms with Gasteiger partial charge in [-0.1, -0.05) is 6.92 Å². The van der Waals surface area contributed by atoms with Crippen molar-refractivity contribution in [3.63, 3.8) is 0 Å². The van der Waals surface area contributed by atoms with E-state index < -0.39 is 17.7 Å². The van der Waals surface area contributed by atoms with Crippen LogP contribution in [0.5, 0.6) is 0 Å². The fraction of sp³-hybridized carbons (Fsp3) is 0.316. The number of carbonyl (C=O) groups excluding carboxylic acids is 3. The summed E-state index contributed by atoms with van der Waals surface area (Å²) >= 11 is 0. The zero-order valence-corrected chi connectivity index (χ0v) is 15.0. The molecule has 0 bridgehead atoms. The van der Waals surface area contributed by atoms with Crippen molar-refractivity contribution in [1.29, 1.82) is 0 Å². The number of carbonyl (C=O) groups is 3. The molecular formula is C19H21N5O3. The molecule has 1 fully saturated rings. The summed E-state index contributed by atoms with van der Waals surface area (Å²) in [5.41, 5.74) is 6.57. The first kappa shape index (κ1) is 18.5. The number of primary amides is 1. The van der Waals surface area contributed by atoms with Crippen LogP contribution in [0.2, 0.25) is 0 Å². The third kappa shape index (κ3) is 4.28. The predicted molar refractivity (Wildman–Crippen MR) is 98.5 cm³/mol. The van der Waals surface area contributed by atoms with Crippen LogP contribution in [0.1, 0.15) is 41.7 Å². The highest BCUT2D eigenvalue weighted by atomic mass is 16.2. The van der Waals surface area contributed by atoms with Crippen LogP contribution in [0.4, 0.5) is 5.69 Å². The Hall–Kier alpha value is -3.29. The minimum Gasteiger partial charge on any atom is -0.366 e. The summed E-state index contributed by atoms with van der Waals surface area (Å²) in [5.74, 6) is -1.74. The predicted octanol–water partition coefficient (Wildman–Crippen LogP) is 1.51. The van der Waals surface area contributed by atoms with Crippen molar-refractivity contribution < 1.29 is 14.4 Å². The van der Waals surface area contributed by atoms with Crippen LogP contribution in [0.25, 0.3) is 0 Å². The molecule has 2 aromatic rings. The van der Waals surface area contributed by atoms with Crippen molar-refractivity contribution in [2.75, 3.05) is 11.9 Å². The van der Waals surface area contributed by atoms with Gasteiger partial charge in [0.05, 0.1) is 23.5 Å². The molecule has 0 spiro atoms. The number of rotatable bonds is 3. The molecule has 0 aliphatic carbocycles. The summed E-state index contributed by atoms with van der Waals surface area (Å²) in [7, 11) is 0. The highest BCUT2D eigenvalue weighted by Crippen LogP contribution is 2.33. The van der Waals surface area contributed by atoms with E-state index in [1.54, 1.807) is 17.3 Å². The number of nitrogens with one attached hydrogen (secondary N) is 1. The number of likely N-dealkylation sites (tertiary alicyclic amines) is 1. The molecule has 0 unspecified atom stereocenters. The summed E-state index contributed by atoms with van der Waals surface area (Å²) in [6, 6.07) is 4.94. The van der Waals surface area contributed by atoms with Gasteiger partial charge in [0.15, 0.2) is 0 Å². The third-order valence-corrected chi connectivity index (χ3v) is 4.64. The van der Waals surface area contributed by atoms with Crippen LogP contribution in [-0.2, 0) is 9.59 Å². The number of nitrogens with zero attached hydrogens (tertiary/aromatic N) is 3. The quantitative estimate of drug-likeness (QED) is 0.797. The lowest BCUT2D eigenvalue weighted by Crippen LogP contribution is -2.46. The standard InChI is InChI=1S/C19H21N5O3/c1-12-2-3-16(13-4-6-21-7-5-13)24(11-12)19(27)18(26)23-15-8-14(17(20)25)9-22-10-15/h4-10,12,16H,2-3,11H2,1H3,(H2,20,25)(H,23,26)/t12-,16+/m1/s1. The Balaban J connectivity index is 1.78. The number of piperidine rings is 1. The Bertz CT molecular complexity index is 855. The lowest BCUT2D eigenvalue weighted by molar-refractivity contribution is -0.146. The molecule has 1 aliphatic rings. The van der Waals surface area contributed by atoms with Crippen molar-refractivity contribution in [3.8, 4) is 0 Å². The third-order valence-electron chi connectivity index (χ3n) is 4.64. The Morgan fingerprint density at radius 3 is 2.59 bits per heavy atom. The second-order valence-corrected chi connectivity index (χ2v) is 6.72. The normalized spacial score (nSPS) is 19.4. The van der Waals surface area contributed by atoms with Crippen LogP contribution in [0, 0.1) is 5.92 Å². The summed E-state index contributed by atoms with van der Waals surface area (Å²) in [4.78, 5) is 46.1. The van der Waals surface area contributed by atoms with Crippen LogP contribution >= 0.6 is 0 Å². The van der Waals surface area contributed by atoms with Gasteiger partial charge in [-0.05, 0) is 42.5 Å². The highest BCUT2D eigenvalue weighted by Gasteiger charge is 2.34. The van der Waals surface area contributed by atoms with Crippen LogP contribution in [-0.4, -0.2) is 39.1 Å². The highest BCUT2D eigenvalue weighted by molar-refractivity contribution is 6.39. The van der Waals surface area contributed by atoms with E-state index in [0.29, 0.717) is 12.5 Å². The van der Waals surface area contributed by atoms with Gasteiger partial charge in [0.2, 0.25) is 5.91 Å². The summed E-state index contributed by atoms with van der Waals surface area (Å²) in [6.07, 6.45) is 7.77. The molecule has 2 atom stereocenters. The van der Waals surface area contributed by atoms with Crippen molar-refractivity contribution in [2.24, 2.45) is 11.7 Å². The van der Waals surface area contributed by atoms with E-state index in [4.69, 9.17) is 5.73 Å². The number of anilines is 1. The van der Waals surface area contributed by atoms with E-state index in [1.807, 2.05) is 12.1 Å². The maximum absolute atomic E-state index is 12.8. The molecule has 8 heteroatoms. The van der Waals surface area contributed by atoms with Gasteiger partial charge in [-0.3, -0.25) is 24.4 Å². The number of pyridine rings is 2. The Kier molecular flexibility index (Phi) is 5.44. The van der Waals surface area contributed by atoms with Crippen LogP contribution in [0.3, 0.4) is 0 Å². The first-order chi connectivity index (χ1) is 13.0. The van der Waals surface area contributed by atoms with Gasteiger partial charge in [0, 0.05) is 25.1 Å². The smallest absolute Gasteiger partial charge is 0.313 e. The molecule has 3 heterocycles. The van der Waals surface area contributed by atoms with E-state index in [2.05, 4.69) is 22.2 Å². The lowest BCUT2D eigenvalue weighted by atomic mass is 9.90. The fourth-order valence-corrected chi connectivity index (χ4v) is 3.27. The first-order valence-corrected chi connectivity index (χ1v) is 8.72. The molecule has 2 aromatic heterocycles. The molecular weight excluding hydrogens is 346 g/mol. The molecule has 1 saturated heterocycles. The maximum Gasteiger partial charge on any atom is 0.313 e. The van der Waals surface area contributed by atoms with E-state index in [0.717, 1.165) is 18.4 Å². The maximum atomic E-state index is 12.8. The zero-order chi connectivity index (χ0) is 19.4. The van der Waals surface area contributed by atoms with Gasteiger partial charge in [-0.15, -0.1) is 0 Å². The molecule has 3 N–H and O–H groups in total. The molecule has 27 heavy (non-hydrogen) atoms. The van der Waals surface area contributed by atoms with E-state index in [9.17, 15) is 14.4 Å². The number of amides is 3.